The fourth-order valence-corrected chi connectivity index (χ4v) is 3.44. The van der Waals surface area contributed by atoms with Crippen LogP contribution in [0.4, 0.5) is 0 Å². The highest BCUT2D eigenvalue weighted by molar-refractivity contribution is 7.99. The zero-order valence-electron chi connectivity index (χ0n) is 14.5. The molecule has 1 heterocycles. The molecule has 0 aliphatic heterocycles. The molecule has 25 heavy (non-hydrogen) atoms. The summed E-state index contributed by atoms with van der Waals surface area (Å²) >= 11 is 1.55. The van der Waals surface area contributed by atoms with E-state index in [0.717, 1.165) is 23.4 Å². The number of oxazole rings is 1. The van der Waals surface area contributed by atoms with E-state index in [1.54, 1.807) is 11.8 Å². The van der Waals surface area contributed by atoms with Gasteiger partial charge in [-0.1, -0.05) is 35.9 Å². The number of aryl methyl sites for hydroxylation is 2. The van der Waals surface area contributed by atoms with Crippen molar-refractivity contribution >= 4 is 17.7 Å². The van der Waals surface area contributed by atoms with Crippen molar-refractivity contribution in [2.75, 3.05) is 12.3 Å². The molecular weight excluding hydrogens is 332 g/mol. The van der Waals surface area contributed by atoms with Crippen molar-refractivity contribution in [1.29, 1.82) is 0 Å². The second-order valence-corrected chi connectivity index (χ2v) is 7.10. The summed E-state index contributed by atoms with van der Waals surface area (Å²) in [4.78, 5) is 16.5. The molecule has 0 saturated carbocycles. The van der Waals surface area contributed by atoms with E-state index in [1.807, 2.05) is 38.1 Å². The Bertz CT molecular complexity index is 821. The molecule has 0 spiro atoms. The predicted octanol–water partition coefficient (Wildman–Crippen LogP) is 4.19. The van der Waals surface area contributed by atoms with Crippen molar-refractivity contribution < 1.29 is 9.21 Å². The molecule has 1 amide bonds. The van der Waals surface area contributed by atoms with Gasteiger partial charge in [0.05, 0.1) is 11.4 Å². The Kier molecular flexibility index (Phi) is 5.76. The fourth-order valence-electron chi connectivity index (χ4n) is 2.59. The summed E-state index contributed by atoms with van der Waals surface area (Å²) in [7, 11) is 0. The highest BCUT2D eigenvalue weighted by Gasteiger charge is 2.12. The average Bonchev–Trinajstić information content (AvgIpc) is 3.23. The van der Waals surface area contributed by atoms with Gasteiger partial charge < -0.3 is 9.73 Å². The Morgan fingerprint density at radius 1 is 1.36 bits per heavy atom. The number of hydrogen-bond acceptors (Lipinski definition) is 4. The zero-order chi connectivity index (χ0) is 17.6. The van der Waals surface area contributed by atoms with Gasteiger partial charge in [-0.3, -0.25) is 4.79 Å². The van der Waals surface area contributed by atoms with E-state index in [2.05, 4.69) is 28.5 Å². The molecule has 0 atom stereocenters. The lowest BCUT2D eigenvalue weighted by Crippen LogP contribution is -2.27. The molecule has 5 heteroatoms. The largest absolute Gasteiger partial charge is 0.441 e. The SMILES string of the molecule is Cc1cccc(-c2nc(CSCC(=O)NCC3=CC=CC3)c(C)o2)c1. The van der Waals surface area contributed by atoms with E-state index < -0.39 is 0 Å². The molecule has 0 fully saturated rings. The Balaban J connectivity index is 1.49. The van der Waals surface area contributed by atoms with Gasteiger partial charge in [-0.15, -0.1) is 11.8 Å². The number of amides is 1. The summed E-state index contributed by atoms with van der Waals surface area (Å²) in [5.74, 6) is 2.59. The smallest absolute Gasteiger partial charge is 0.230 e. The molecule has 1 N–H and O–H groups in total. The number of nitrogens with one attached hydrogen (secondary N) is 1. The molecule has 0 radical (unpaired) electrons. The first-order valence-corrected chi connectivity index (χ1v) is 9.49. The molecule has 130 valence electrons. The van der Waals surface area contributed by atoms with Crippen molar-refractivity contribution in [3.63, 3.8) is 0 Å². The maximum Gasteiger partial charge on any atom is 0.230 e. The van der Waals surface area contributed by atoms with E-state index in [9.17, 15) is 4.79 Å². The van der Waals surface area contributed by atoms with Crippen LogP contribution < -0.4 is 5.32 Å². The molecule has 0 bridgehead atoms. The van der Waals surface area contributed by atoms with E-state index in [1.165, 1.54) is 11.1 Å². The van der Waals surface area contributed by atoms with Crippen LogP contribution >= 0.6 is 11.8 Å². The molecule has 0 saturated heterocycles. The fraction of sp³-hybridized carbons (Fsp3) is 0.300. The lowest BCUT2D eigenvalue weighted by atomic mass is 10.1. The number of carbonyl (C=O) groups excluding carboxylic acids is 1. The molecule has 1 aromatic carbocycles. The first-order valence-electron chi connectivity index (χ1n) is 8.34. The summed E-state index contributed by atoms with van der Waals surface area (Å²) in [6.45, 7) is 4.60. The van der Waals surface area contributed by atoms with Crippen molar-refractivity contribution in [2.45, 2.75) is 26.0 Å². The Morgan fingerprint density at radius 2 is 2.24 bits per heavy atom. The van der Waals surface area contributed by atoms with Crippen LogP contribution in [0, 0.1) is 13.8 Å². The monoisotopic (exact) mass is 354 g/mol. The van der Waals surface area contributed by atoms with Gasteiger partial charge in [-0.05, 0) is 38.0 Å². The van der Waals surface area contributed by atoms with Crippen LogP contribution in [0.15, 0.2) is 52.5 Å². The number of rotatable bonds is 7. The van der Waals surface area contributed by atoms with Crippen molar-refractivity contribution in [3.05, 3.63) is 65.1 Å². The average molecular weight is 354 g/mol. The maximum absolute atomic E-state index is 11.9. The number of nitrogens with zero attached hydrogens (tertiary/aromatic N) is 1. The summed E-state index contributed by atoms with van der Waals surface area (Å²) in [5, 5.41) is 2.95. The number of hydrogen-bond donors (Lipinski definition) is 1. The van der Waals surface area contributed by atoms with Crippen LogP contribution in [-0.4, -0.2) is 23.2 Å². The molecule has 2 aromatic rings. The minimum absolute atomic E-state index is 0.0536. The van der Waals surface area contributed by atoms with Gasteiger partial charge in [-0.25, -0.2) is 4.98 Å². The van der Waals surface area contributed by atoms with E-state index in [0.29, 0.717) is 23.9 Å². The van der Waals surface area contributed by atoms with E-state index >= 15 is 0 Å². The second-order valence-electron chi connectivity index (χ2n) is 6.12. The van der Waals surface area contributed by atoms with Crippen LogP contribution in [0.2, 0.25) is 0 Å². The highest BCUT2D eigenvalue weighted by Crippen LogP contribution is 2.24. The number of allylic oxidation sites excluding steroid dienone is 3. The molecule has 1 aliphatic rings. The van der Waals surface area contributed by atoms with Crippen molar-refractivity contribution in [2.24, 2.45) is 0 Å². The molecule has 0 unspecified atom stereocenters. The lowest BCUT2D eigenvalue weighted by Gasteiger charge is -2.05. The highest BCUT2D eigenvalue weighted by atomic mass is 32.2. The zero-order valence-corrected chi connectivity index (χ0v) is 15.4. The summed E-state index contributed by atoms with van der Waals surface area (Å²) in [6.07, 6.45) is 7.11. The molecular formula is C20H22N2O2S. The van der Waals surface area contributed by atoms with Crippen molar-refractivity contribution in [3.8, 4) is 11.5 Å². The van der Waals surface area contributed by atoms with Gasteiger partial charge >= 0.3 is 0 Å². The number of aromatic nitrogens is 1. The molecule has 1 aliphatic carbocycles. The topological polar surface area (TPSA) is 55.1 Å². The molecule has 4 nitrogen and oxygen atoms in total. The first-order chi connectivity index (χ1) is 12.1. The minimum atomic E-state index is 0.0536. The first kappa shape index (κ1) is 17.5. The van der Waals surface area contributed by atoms with Crippen LogP contribution in [0.25, 0.3) is 11.5 Å². The number of benzene rings is 1. The predicted molar refractivity (Wildman–Crippen MR) is 102 cm³/mol. The molecule has 1 aromatic heterocycles. The Morgan fingerprint density at radius 3 is 3.00 bits per heavy atom. The Labute approximate surface area is 152 Å². The summed E-state index contributed by atoms with van der Waals surface area (Å²) in [5.41, 5.74) is 4.30. The number of carbonyl (C=O) groups is 1. The van der Waals surface area contributed by atoms with Crippen LogP contribution in [0.1, 0.15) is 23.4 Å². The maximum atomic E-state index is 11.9. The quantitative estimate of drug-likeness (QED) is 0.810. The van der Waals surface area contributed by atoms with E-state index in [4.69, 9.17) is 4.42 Å². The van der Waals surface area contributed by atoms with Crippen LogP contribution in [0.5, 0.6) is 0 Å². The third kappa shape index (κ3) is 4.86. The third-order valence-corrected chi connectivity index (χ3v) is 4.93. The van der Waals surface area contributed by atoms with Gasteiger partial charge in [0.2, 0.25) is 11.8 Å². The second kappa shape index (κ2) is 8.21. The van der Waals surface area contributed by atoms with Crippen LogP contribution in [0.3, 0.4) is 0 Å². The number of thioether (sulfide) groups is 1. The van der Waals surface area contributed by atoms with Gasteiger partial charge in [0.15, 0.2) is 0 Å². The summed E-state index contributed by atoms with van der Waals surface area (Å²) < 4.78 is 5.79. The minimum Gasteiger partial charge on any atom is -0.441 e. The molecule has 3 rings (SSSR count). The van der Waals surface area contributed by atoms with Gasteiger partial charge in [-0.2, -0.15) is 0 Å². The third-order valence-electron chi connectivity index (χ3n) is 3.99. The summed E-state index contributed by atoms with van der Waals surface area (Å²) in [6, 6.07) is 8.10. The Hall–Kier alpha value is -2.27. The lowest BCUT2D eigenvalue weighted by molar-refractivity contribution is -0.118. The van der Waals surface area contributed by atoms with Crippen LogP contribution in [-0.2, 0) is 10.5 Å². The standard InChI is InChI=1S/C20H22N2O2S/c1-14-6-5-9-17(10-14)20-22-18(15(2)24-20)12-25-13-19(23)21-11-16-7-3-4-8-16/h3-7,9-10H,8,11-13H2,1-2H3,(H,21,23). The normalized spacial score (nSPS) is 13.1. The van der Waals surface area contributed by atoms with Gasteiger partial charge in [0, 0.05) is 17.9 Å². The van der Waals surface area contributed by atoms with Gasteiger partial charge in [0.25, 0.3) is 0 Å². The van der Waals surface area contributed by atoms with Crippen molar-refractivity contribution in [1.82, 2.24) is 10.3 Å². The van der Waals surface area contributed by atoms with Gasteiger partial charge in [0.1, 0.15) is 5.76 Å². The van der Waals surface area contributed by atoms with E-state index in [-0.39, 0.29) is 5.91 Å².